The third kappa shape index (κ3) is 7.30. The summed E-state index contributed by atoms with van der Waals surface area (Å²) < 4.78 is 0. The molecule has 1 rings (SSSR count). The van der Waals surface area contributed by atoms with Gasteiger partial charge in [-0.3, -0.25) is 0 Å². The van der Waals surface area contributed by atoms with E-state index in [4.69, 9.17) is 0 Å². The lowest BCUT2D eigenvalue weighted by Crippen LogP contribution is -2.31. The summed E-state index contributed by atoms with van der Waals surface area (Å²) in [6, 6.07) is 0. The molecule has 1 saturated heterocycles. The first-order valence-corrected chi connectivity index (χ1v) is 6.05. The van der Waals surface area contributed by atoms with Gasteiger partial charge in [0.2, 0.25) is 0 Å². The molecule has 0 atom stereocenters. The van der Waals surface area contributed by atoms with Crippen molar-refractivity contribution in [3.05, 3.63) is 0 Å². The molecule has 0 aromatic rings. The fraction of sp³-hybridized carbons (Fsp3) is 1.00. The van der Waals surface area contributed by atoms with Gasteiger partial charge in [-0.2, -0.15) is 0 Å². The van der Waals surface area contributed by atoms with Gasteiger partial charge in [-0.15, -0.1) is 0 Å². The van der Waals surface area contributed by atoms with E-state index in [-0.39, 0.29) is 0 Å². The molecule has 3 nitrogen and oxygen atoms in total. The lowest BCUT2D eigenvalue weighted by Gasteiger charge is -2.08. The highest BCUT2D eigenvalue weighted by Crippen LogP contribution is 2.01. The zero-order chi connectivity index (χ0) is 9.90. The van der Waals surface area contributed by atoms with E-state index >= 15 is 0 Å². The number of nitrogens with one attached hydrogen (secondary N) is 2. The van der Waals surface area contributed by atoms with Crippen LogP contribution in [-0.2, 0) is 0 Å². The maximum Gasteiger partial charge on any atom is 0.0258 e. The van der Waals surface area contributed by atoms with Gasteiger partial charge >= 0.3 is 0 Å². The molecule has 1 aliphatic rings. The van der Waals surface area contributed by atoms with Crippen LogP contribution in [0.15, 0.2) is 0 Å². The summed E-state index contributed by atoms with van der Waals surface area (Å²) in [6.07, 6.45) is 6.73. The highest BCUT2D eigenvalue weighted by molar-refractivity contribution is 4.57. The smallest absolute Gasteiger partial charge is 0.0258 e. The molecule has 0 aromatic carbocycles. The molecular formula is C11H24N3. The summed E-state index contributed by atoms with van der Waals surface area (Å²) in [5.41, 5.74) is 0. The van der Waals surface area contributed by atoms with E-state index in [1.54, 1.807) is 0 Å². The van der Waals surface area contributed by atoms with Crippen molar-refractivity contribution in [2.24, 2.45) is 0 Å². The molecule has 1 heterocycles. The van der Waals surface area contributed by atoms with Gasteiger partial charge in [-0.05, 0) is 19.4 Å². The molecule has 3 heteroatoms. The second-order valence-corrected chi connectivity index (χ2v) is 3.94. The van der Waals surface area contributed by atoms with Gasteiger partial charge in [-0.1, -0.05) is 19.3 Å². The second-order valence-electron chi connectivity index (χ2n) is 3.94. The third-order valence-corrected chi connectivity index (χ3v) is 2.60. The van der Waals surface area contributed by atoms with Crippen LogP contribution in [-0.4, -0.2) is 39.3 Å². The average molecular weight is 198 g/mol. The number of nitrogens with zero attached hydrogens (tertiary/aromatic N) is 1. The van der Waals surface area contributed by atoms with Gasteiger partial charge in [0, 0.05) is 32.7 Å². The monoisotopic (exact) mass is 198 g/mol. The van der Waals surface area contributed by atoms with E-state index in [9.17, 15) is 0 Å². The van der Waals surface area contributed by atoms with Gasteiger partial charge < -0.3 is 10.6 Å². The van der Waals surface area contributed by atoms with Crippen LogP contribution in [0.3, 0.4) is 0 Å². The second kappa shape index (κ2) is 9.44. The molecule has 2 N–H and O–H groups in total. The Labute approximate surface area is 88.0 Å². The normalized spacial score (nSPS) is 24.0. The molecular weight excluding hydrogens is 174 g/mol. The van der Waals surface area contributed by atoms with Gasteiger partial charge in [0.15, 0.2) is 0 Å². The molecule has 1 fully saturated rings. The van der Waals surface area contributed by atoms with Crippen molar-refractivity contribution in [1.29, 1.82) is 0 Å². The molecule has 0 aromatic heterocycles. The number of hydrogen-bond acceptors (Lipinski definition) is 2. The van der Waals surface area contributed by atoms with Crippen molar-refractivity contribution in [3.63, 3.8) is 0 Å². The third-order valence-electron chi connectivity index (χ3n) is 2.60. The Morgan fingerprint density at radius 2 is 1.29 bits per heavy atom. The minimum Gasteiger partial charge on any atom is -0.315 e. The van der Waals surface area contributed by atoms with Crippen LogP contribution in [0.5, 0.6) is 0 Å². The Hall–Kier alpha value is -0.120. The topological polar surface area (TPSA) is 38.2 Å². The molecule has 0 amide bonds. The van der Waals surface area contributed by atoms with Crippen molar-refractivity contribution in [1.82, 2.24) is 16.0 Å². The number of hydrogen-bond donors (Lipinski definition) is 2. The highest BCUT2D eigenvalue weighted by Gasteiger charge is 1.94. The van der Waals surface area contributed by atoms with E-state index in [0.29, 0.717) is 0 Å². The first-order valence-electron chi connectivity index (χ1n) is 6.05. The summed E-state index contributed by atoms with van der Waals surface area (Å²) in [5, 5.41) is 11.3. The fourth-order valence-electron chi connectivity index (χ4n) is 1.70. The first kappa shape index (κ1) is 12.0. The maximum atomic E-state index is 4.48. The van der Waals surface area contributed by atoms with E-state index in [0.717, 1.165) is 32.7 Å². The lowest BCUT2D eigenvalue weighted by molar-refractivity contribution is 0.520. The molecule has 1 radical (unpaired) electrons. The van der Waals surface area contributed by atoms with Crippen molar-refractivity contribution < 1.29 is 0 Å². The molecule has 0 saturated carbocycles. The Kier molecular flexibility index (Phi) is 8.06. The van der Waals surface area contributed by atoms with Gasteiger partial charge in [-0.25, -0.2) is 5.32 Å². The Morgan fingerprint density at radius 3 is 2.21 bits per heavy atom. The van der Waals surface area contributed by atoms with Crippen LogP contribution in [0.25, 0.3) is 0 Å². The zero-order valence-electron chi connectivity index (χ0n) is 9.23. The Bertz CT molecular complexity index is 63.8. The SMILES string of the molecule is C1CCC[N]CCNCCNCCC1. The van der Waals surface area contributed by atoms with Crippen molar-refractivity contribution >= 4 is 0 Å². The van der Waals surface area contributed by atoms with E-state index < -0.39 is 0 Å². The molecule has 0 unspecified atom stereocenters. The largest absolute Gasteiger partial charge is 0.315 e. The van der Waals surface area contributed by atoms with Crippen LogP contribution >= 0.6 is 0 Å². The van der Waals surface area contributed by atoms with E-state index in [1.165, 1.54) is 38.6 Å². The summed E-state index contributed by atoms with van der Waals surface area (Å²) >= 11 is 0. The van der Waals surface area contributed by atoms with E-state index in [2.05, 4.69) is 16.0 Å². The average Bonchev–Trinajstić information content (AvgIpc) is 2.22. The summed E-state index contributed by atoms with van der Waals surface area (Å²) in [6.45, 7) is 6.46. The molecule has 83 valence electrons. The first-order chi connectivity index (χ1) is 7.00. The van der Waals surface area contributed by atoms with Crippen molar-refractivity contribution in [2.75, 3.05) is 39.3 Å². The quantitative estimate of drug-likeness (QED) is 0.602. The maximum absolute atomic E-state index is 4.48. The minimum absolute atomic E-state index is 0.986. The van der Waals surface area contributed by atoms with Gasteiger partial charge in [0.1, 0.15) is 0 Å². The van der Waals surface area contributed by atoms with Crippen LogP contribution in [0, 0.1) is 0 Å². The van der Waals surface area contributed by atoms with Gasteiger partial charge in [0.25, 0.3) is 0 Å². The lowest BCUT2D eigenvalue weighted by atomic mass is 10.1. The summed E-state index contributed by atoms with van der Waals surface area (Å²) in [7, 11) is 0. The minimum atomic E-state index is 0.986. The highest BCUT2D eigenvalue weighted by atomic mass is 15.0. The molecule has 0 aliphatic carbocycles. The Balaban J connectivity index is 2.00. The fourth-order valence-corrected chi connectivity index (χ4v) is 1.70. The summed E-state index contributed by atoms with van der Waals surface area (Å²) in [4.78, 5) is 0. The summed E-state index contributed by atoms with van der Waals surface area (Å²) in [5.74, 6) is 0. The Morgan fingerprint density at radius 1 is 0.571 bits per heavy atom. The van der Waals surface area contributed by atoms with E-state index in [1.807, 2.05) is 0 Å². The van der Waals surface area contributed by atoms with Crippen molar-refractivity contribution in [2.45, 2.75) is 32.1 Å². The predicted molar refractivity (Wildman–Crippen MR) is 60.7 cm³/mol. The van der Waals surface area contributed by atoms with Gasteiger partial charge in [0.05, 0.1) is 0 Å². The van der Waals surface area contributed by atoms with Crippen LogP contribution in [0.1, 0.15) is 32.1 Å². The molecule has 0 bridgehead atoms. The number of rotatable bonds is 0. The van der Waals surface area contributed by atoms with Crippen LogP contribution < -0.4 is 16.0 Å². The van der Waals surface area contributed by atoms with Crippen LogP contribution in [0.4, 0.5) is 0 Å². The van der Waals surface area contributed by atoms with Crippen molar-refractivity contribution in [3.8, 4) is 0 Å². The molecule has 1 aliphatic heterocycles. The standard InChI is InChI=1S/C11H24N3/c1-2-4-6-12-8-10-14-11-9-13-7-5-3-1/h12,14H,1-11H2. The zero-order valence-corrected chi connectivity index (χ0v) is 9.23. The molecule has 0 spiro atoms. The molecule has 14 heavy (non-hydrogen) atoms. The predicted octanol–water partition coefficient (Wildman–Crippen LogP) is 0.734. The van der Waals surface area contributed by atoms with Crippen LogP contribution in [0.2, 0.25) is 0 Å².